The molecule has 8 nitrogen and oxygen atoms in total. The molecule has 1 aromatic carbocycles. The van der Waals surface area contributed by atoms with Crippen LogP contribution >= 0.6 is 0 Å². The van der Waals surface area contributed by atoms with Crippen LogP contribution in [0, 0.1) is 0 Å². The second-order valence-electron chi connectivity index (χ2n) is 5.92. The highest BCUT2D eigenvalue weighted by Crippen LogP contribution is 2.28. The molecular weight excluding hydrogens is 336 g/mol. The Morgan fingerprint density at radius 3 is 2.81 bits per heavy atom. The predicted molar refractivity (Wildman–Crippen MR) is 92.9 cm³/mol. The number of amides is 2. The number of carbonyl (C=O) groups excluding carboxylic acids is 1. The molecule has 3 aromatic rings. The lowest BCUT2D eigenvalue weighted by Gasteiger charge is -2.36. The molecular formula is C18H18N4O4. The van der Waals surface area contributed by atoms with Crippen LogP contribution in [0.1, 0.15) is 18.7 Å². The first-order valence-corrected chi connectivity index (χ1v) is 8.39. The zero-order chi connectivity index (χ0) is 17.9. The third-order valence-electron chi connectivity index (χ3n) is 4.12. The van der Waals surface area contributed by atoms with Crippen molar-refractivity contribution in [2.45, 2.75) is 12.8 Å². The second-order valence-corrected chi connectivity index (χ2v) is 5.92. The zero-order valence-corrected chi connectivity index (χ0v) is 14.2. The molecule has 0 aliphatic carbocycles. The van der Waals surface area contributed by atoms with Crippen LogP contribution in [-0.2, 0) is 0 Å². The molecule has 1 fully saturated rings. The summed E-state index contributed by atoms with van der Waals surface area (Å²) >= 11 is 0. The molecule has 0 spiro atoms. The number of hydrogen-bond donors (Lipinski definition) is 1. The van der Waals surface area contributed by atoms with E-state index in [9.17, 15) is 4.79 Å². The normalized spacial score (nSPS) is 14.1. The highest BCUT2D eigenvalue weighted by molar-refractivity contribution is 5.90. The molecule has 8 heteroatoms. The molecule has 0 saturated carbocycles. The van der Waals surface area contributed by atoms with Gasteiger partial charge in [-0.25, -0.2) is 4.79 Å². The number of anilines is 1. The fourth-order valence-corrected chi connectivity index (χ4v) is 2.71. The van der Waals surface area contributed by atoms with E-state index in [0.717, 1.165) is 11.4 Å². The van der Waals surface area contributed by atoms with E-state index in [1.165, 1.54) is 0 Å². The number of furan rings is 1. The topological polar surface area (TPSA) is 93.6 Å². The maximum absolute atomic E-state index is 12.3. The number of nitrogens with zero attached hydrogens (tertiary/aromatic N) is 3. The Kier molecular flexibility index (Phi) is 4.30. The van der Waals surface area contributed by atoms with Crippen molar-refractivity contribution >= 4 is 11.7 Å². The molecule has 0 unspecified atom stereocenters. The number of rotatable bonds is 5. The van der Waals surface area contributed by atoms with Crippen LogP contribution in [0.15, 0.2) is 51.6 Å². The van der Waals surface area contributed by atoms with Crippen molar-refractivity contribution in [3.05, 3.63) is 48.6 Å². The van der Waals surface area contributed by atoms with Gasteiger partial charge in [-0.3, -0.25) is 0 Å². The second kappa shape index (κ2) is 6.91. The number of benzene rings is 1. The standard InChI is InChI=1S/C18H18N4O4/c1-2-24-14-7-5-13(6-8-14)19-18(23)22-10-12(11-22)17-20-16(21-26-17)15-4-3-9-25-15/h3-9,12H,2,10-11H2,1H3,(H,19,23). The molecule has 26 heavy (non-hydrogen) atoms. The van der Waals surface area contributed by atoms with Crippen molar-refractivity contribution in [1.82, 2.24) is 15.0 Å². The van der Waals surface area contributed by atoms with Crippen LogP contribution in [0.5, 0.6) is 5.75 Å². The van der Waals surface area contributed by atoms with Gasteiger partial charge in [0.05, 0.1) is 18.8 Å². The quantitative estimate of drug-likeness (QED) is 0.755. The van der Waals surface area contributed by atoms with Crippen molar-refractivity contribution in [1.29, 1.82) is 0 Å². The minimum Gasteiger partial charge on any atom is -0.494 e. The summed E-state index contributed by atoms with van der Waals surface area (Å²) in [5.41, 5.74) is 0.722. The summed E-state index contributed by atoms with van der Waals surface area (Å²) in [5, 5.41) is 6.77. The Hall–Kier alpha value is -3.29. The Balaban J connectivity index is 1.31. The van der Waals surface area contributed by atoms with E-state index < -0.39 is 0 Å². The third kappa shape index (κ3) is 3.26. The molecule has 2 aromatic heterocycles. The maximum atomic E-state index is 12.3. The van der Waals surface area contributed by atoms with E-state index in [4.69, 9.17) is 13.7 Å². The number of likely N-dealkylation sites (tertiary alicyclic amines) is 1. The van der Waals surface area contributed by atoms with Crippen molar-refractivity contribution in [3.63, 3.8) is 0 Å². The zero-order valence-electron chi connectivity index (χ0n) is 14.2. The van der Waals surface area contributed by atoms with Crippen LogP contribution in [0.25, 0.3) is 11.6 Å². The first kappa shape index (κ1) is 16.2. The van der Waals surface area contributed by atoms with Crippen molar-refractivity contribution in [3.8, 4) is 17.3 Å². The summed E-state index contributed by atoms with van der Waals surface area (Å²) < 4.78 is 15.9. The molecule has 1 aliphatic heterocycles. The molecule has 2 amide bonds. The molecule has 1 N–H and O–H groups in total. The van der Waals surface area contributed by atoms with Gasteiger partial charge in [-0.15, -0.1) is 0 Å². The lowest BCUT2D eigenvalue weighted by molar-refractivity contribution is 0.147. The maximum Gasteiger partial charge on any atom is 0.321 e. The number of hydrogen-bond acceptors (Lipinski definition) is 6. The van der Waals surface area contributed by atoms with Gasteiger partial charge in [-0.1, -0.05) is 5.16 Å². The molecule has 0 bridgehead atoms. The van der Waals surface area contributed by atoms with E-state index in [1.54, 1.807) is 23.3 Å². The van der Waals surface area contributed by atoms with Gasteiger partial charge in [-0.05, 0) is 43.3 Å². The van der Waals surface area contributed by atoms with E-state index in [2.05, 4.69) is 15.5 Å². The van der Waals surface area contributed by atoms with Gasteiger partial charge in [0.2, 0.25) is 11.7 Å². The number of aromatic nitrogens is 2. The average molecular weight is 354 g/mol. The van der Waals surface area contributed by atoms with Crippen molar-refractivity contribution in [2.75, 3.05) is 25.0 Å². The van der Waals surface area contributed by atoms with Gasteiger partial charge in [-0.2, -0.15) is 4.98 Å². The lowest BCUT2D eigenvalue weighted by atomic mass is 10.0. The van der Waals surface area contributed by atoms with E-state index in [1.807, 2.05) is 31.2 Å². The average Bonchev–Trinajstić information content (AvgIpc) is 3.27. The first-order valence-electron chi connectivity index (χ1n) is 8.39. The number of ether oxygens (including phenoxy) is 1. The van der Waals surface area contributed by atoms with Crippen molar-refractivity contribution < 1.29 is 18.5 Å². The Bertz CT molecular complexity index is 867. The summed E-state index contributed by atoms with van der Waals surface area (Å²) in [6, 6.07) is 10.7. The molecule has 1 saturated heterocycles. The molecule has 3 heterocycles. The smallest absolute Gasteiger partial charge is 0.321 e. The summed E-state index contributed by atoms with van der Waals surface area (Å²) in [6.07, 6.45) is 1.56. The molecule has 0 atom stereocenters. The summed E-state index contributed by atoms with van der Waals surface area (Å²) in [4.78, 5) is 18.3. The highest BCUT2D eigenvalue weighted by Gasteiger charge is 2.36. The SMILES string of the molecule is CCOc1ccc(NC(=O)N2CC(c3nc(-c4ccco4)no3)C2)cc1. The number of nitrogens with one attached hydrogen (secondary N) is 1. The number of carbonyl (C=O) groups is 1. The lowest BCUT2D eigenvalue weighted by Crippen LogP contribution is -2.50. The van der Waals surface area contributed by atoms with Crippen LogP contribution in [0.2, 0.25) is 0 Å². The third-order valence-corrected chi connectivity index (χ3v) is 4.12. The molecule has 4 rings (SSSR count). The van der Waals surface area contributed by atoms with E-state index >= 15 is 0 Å². The number of urea groups is 1. The van der Waals surface area contributed by atoms with Gasteiger partial charge in [0.1, 0.15) is 5.75 Å². The van der Waals surface area contributed by atoms with Gasteiger partial charge in [0.25, 0.3) is 0 Å². The first-order chi connectivity index (χ1) is 12.7. The van der Waals surface area contributed by atoms with Gasteiger partial charge < -0.3 is 23.9 Å². The fourth-order valence-electron chi connectivity index (χ4n) is 2.71. The Morgan fingerprint density at radius 2 is 2.12 bits per heavy atom. The van der Waals surface area contributed by atoms with Crippen LogP contribution in [0.3, 0.4) is 0 Å². The molecule has 0 radical (unpaired) electrons. The van der Waals surface area contributed by atoms with E-state index in [-0.39, 0.29) is 11.9 Å². The van der Waals surface area contributed by atoms with Crippen LogP contribution in [-0.4, -0.2) is 40.8 Å². The minimum absolute atomic E-state index is 0.0392. The highest BCUT2D eigenvalue weighted by atomic mass is 16.5. The van der Waals surface area contributed by atoms with Gasteiger partial charge >= 0.3 is 6.03 Å². The Morgan fingerprint density at radius 1 is 1.31 bits per heavy atom. The summed E-state index contributed by atoms with van der Waals surface area (Å²) in [7, 11) is 0. The van der Waals surface area contributed by atoms with Crippen LogP contribution < -0.4 is 10.1 Å². The van der Waals surface area contributed by atoms with E-state index in [0.29, 0.717) is 37.2 Å². The fraction of sp³-hybridized carbons (Fsp3) is 0.278. The van der Waals surface area contributed by atoms with Gasteiger partial charge in [0, 0.05) is 18.8 Å². The summed E-state index contributed by atoms with van der Waals surface area (Å²) in [6.45, 7) is 3.60. The van der Waals surface area contributed by atoms with Crippen molar-refractivity contribution in [2.24, 2.45) is 0 Å². The summed E-state index contributed by atoms with van der Waals surface area (Å²) in [5.74, 6) is 2.31. The molecule has 1 aliphatic rings. The predicted octanol–water partition coefficient (Wildman–Crippen LogP) is 3.36. The largest absolute Gasteiger partial charge is 0.494 e. The van der Waals surface area contributed by atoms with Gasteiger partial charge in [0.15, 0.2) is 5.76 Å². The van der Waals surface area contributed by atoms with Crippen LogP contribution in [0.4, 0.5) is 10.5 Å². The molecule has 134 valence electrons. The minimum atomic E-state index is -0.156. The Labute approximate surface area is 149 Å². The monoisotopic (exact) mass is 354 g/mol.